The molecule has 38 heavy (non-hydrogen) atoms. The highest BCUT2D eigenvalue weighted by Crippen LogP contribution is 2.38. The molecule has 2 aliphatic rings. The summed E-state index contributed by atoms with van der Waals surface area (Å²) in [5.74, 6) is 1.67. The summed E-state index contributed by atoms with van der Waals surface area (Å²) in [5, 5.41) is 0.152. The van der Waals surface area contributed by atoms with Gasteiger partial charge in [0.05, 0.1) is 12.7 Å². The van der Waals surface area contributed by atoms with Crippen LogP contribution in [0.1, 0.15) is 65.5 Å². The zero-order valence-electron chi connectivity index (χ0n) is 25.1. The lowest BCUT2D eigenvalue weighted by atomic mass is 9.85. The van der Waals surface area contributed by atoms with Crippen LogP contribution in [0, 0.1) is 5.92 Å². The third-order valence-corrected chi connectivity index (χ3v) is 13.1. The molecule has 218 valence electrons. The van der Waals surface area contributed by atoms with E-state index in [-0.39, 0.29) is 24.0 Å². The van der Waals surface area contributed by atoms with Crippen LogP contribution in [0.25, 0.3) is 0 Å². The van der Waals surface area contributed by atoms with E-state index in [9.17, 15) is 0 Å². The Hall–Kier alpha value is -1.07. The van der Waals surface area contributed by atoms with Crippen LogP contribution in [0.15, 0.2) is 18.3 Å². The molecule has 1 aliphatic heterocycles. The Morgan fingerprint density at radius 2 is 1.87 bits per heavy atom. The SMILES string of the molecule is COCO[C@@]1(Cc2cc(O[C@H]3CC[C@H](C)CC3)ccn2)COCN(COC)[C@H]1CCO[Si](C)(C)C(C)(C)C. The van der Waals surface area contributed by atoms with Crippen LogP contribution in [0.2, 0.25) is 18.1 Å². The summed E-state index contributed by atoms with van der Waals surface area (Å²) < 4.78 is 36.5. The van der Waals surface area contributed by atoms with Crippen LogP contribution in [0.4, 0.5) is 0 Å². The molecule has 0 bridgehead atoms. The van der Waals surface area contributed by atoms with Gasteiger partial charge in [0.15, 0.2) is 8.32 Å². The van der Waals surface area contributed by atoms with Crippen molar-refractivity contribution in [1.82, 2.24) is 9.88 Å². The fraction of sp³-hybridized carbons (Fsp3) is 0.828. The summed E-state index contributed by atoms with van der Waals surface area (Å²) in [7, 11) is 1.48. The number of pyridine rings is 1. The number of methoxy groups -OCH3 is 2. The summed E-state index contributed by atoms with van der Waals surface area (Å²) >= 11 is 0. The molecule has 0 radical (unpaired) electrons. The summed E-state index contributed by atoms with van der Waals surface area (Å²) in [4.78, 5) is 6.91. The molecule has 0 amide bonds. The number of nitrogens with zero attached hydrogens (tertiary/aromatic N) is 2. The van der Waals surface area contributed by atoms with Crippen LogP contribution < -0.4 is 4.74 Å². The number of rotatable bonds is 13. The normalized spacial score (nSPS) is 27.4. The smallest absolute Gasteiger partial charge is 0.191 e. The van der Waals surface area contributed by atoms with Gasteiger partial charge in [-0.25, -0.2) is 0 Å². The van der Waals surface area contributed by atoms with Gasteiger partial charge < -0.3 is 28.1 Å². The second kappa shape index (κ2) is 14.0. The van der Waals surface area contributed by atoms with Crippen molar-refractivity contribution >= 4 is 8.32 Å². The van der Waals surface area contributed by atoms with Crippen molar-refractivity contribution in [3.05, 3.63) is 24.0 Å². The van der Waals surface area contributed by atoms with E-state index in [1.165, 1.54) is 12.8 Å². The van der Waals surface area contributed by atoms with E-state index in [4.69, 9.17) is 33.1 Å². The first-order valence-electron chi connectivity index (χ1n) is 14.2. The van der Waals surface area contributed by atoms with Crippen molar-refractivity contribution in [3.8, 4) is 5.75 Å². The Bertz CT molecular complexity index is 841. The third kappa shape index (κ3) is 8.46. The quantitative estimate of drug-likeness (QED) is 0.231. The molecular formula is C29H52N2O6Si. The van der Waals surface area contributed by atoms with Gasteiger partial charge in [0, 0.05) is 51.2 Å². The highest BCUT2D eigenvalue weighted by molar-refractivity contribution is 6.74. The average molecular weight is 553 g/mol. The topological polar surface area (TPSA) is 71.5 Å². The molecule has 8 nitrogen and oxygen atoms in total. The predicted octanol–water partition coefficient (Wildman–Crippen LogP) is 5.62. The van der Waals surface area contributed by atoms with Crippen molar-refractivity contribution < 1.29 is 28.1 Å². The second-order valence-electron chi connectivity index (χ2n) is 12.7. The average Bonchev–Trinajstić information content (AvgIpc) is 2.85. The monoisotopic (exact) mass is 552 g/mol. The maximum atomic E-state index is 6.59. The maximum Gasteiger partial charge on any atom is 0.191 e. The van der Waals surface area contributed by atoms with Crippen molar-refractivity contribution in [1.29, 1.82) is 0 Å². The second-order valence-corrected chi connectivity index (χ2v) is 17.5. The first-order chi connectivity index (χ1) is 18.0. The molecule has 0 unspecified atom stereocenters. The van der Waals surface area contributed by atoms with Crippen molar-refractivity contribution in [2.24, 2.45) is 5.92 Å². The fourth-order valence-electron chi connectivity index (χ4n) is 5.24. The van der Waals surface area contributed by atoms with Gasteiger partial charge in [0.25, 0.3) is 0 Å². The van der Waals surface area contributed by atoms with Gasteiger partial charge >= 0.3 is 0 Å². The third-order valence-electron chi connectivity index (χ3n) is 8.61. The van der Waals surface area contributed by atoms with Gasteiger partial charge in [-0.05, 0) is 62.2 Å². The molecule has 2 fully saturated rings. The highest BCUT2D eigenvalue weighted by Gasteiger charge is 2.47. The fourth-order valence-corrected chi connectivity index (χ4v) is 6.30. The molecular weight excluding hydrogens is 500 g/mol. The van der Waals surface area contributed by atoms with E-state index < -0.39 is 13.9 Å². The number of ether oxygens (including phenoxy) is 5. The van der Waals surface area contributed by atoms with Crippen molar-refractivity contribution in [3.63, 3.8) is 0 Å². The Balaban J connectivity index is 1.81. The van der Waals surface area contributed by atoms with E-state index in [0.717, 1.165) is 36.6 Å². The van der Waals surface area contributed by atoms with Gasteiger partial charge in [-0.15, -0.1) is 0 Å². The van der Waals surface area contributed by atoms with Crippen LogP contribution in [0.5, 0.6) is 5.75 Å². The molecule has 1 aliphatic carbocycles. The molecule has 1 aromatic rings. The van der Waals surface area contributed by atoms with Gasteiger partial charge in [-0.3, -0.25) is 9.88 Å². The van der Waals surface area contributed by atoms with Crippen molar-refractivity contribution in [2.75, 3.05) is 47.7 Å². The lowest BCUT2D eigenvalue weighted by Crippen LogP contribution is -2.63. The van der Waals surface area contributed by atoms with Gasteiger partial charge in [-0.2, -0.15) is 0 Å². The highest BCUT2D eigenvalue weighted by atomic mass is 28.4. The summed E-state index contributed by atoms with van der Waals surface area (Å²) in [6.07, 6.45) is 8.14. The minimum absolute atomic E-state index is 0.00215. The number of hydrogen-bond donors (Lipinski definition) is 0. The molecule has 3 rings (SSSR count). The Morgan fingerprint density at radius 1 is 1.13 bits per heavy atom. The summed E-state index contributed by atoms with van der Waals surface area (Å²) in [5.41, 5.74) is 0.246. The van der Waals surface area contributed by atoms with E-state index in [1.54, 1.807) is 14.2 Å². The molecule has 1 saturated heterocycles. The molecule has 1 saturated carbocycles. The Labute approximate surface area is 231 Å². The minimum Gasteiger partial charge on any atom is -0.490 e. The van der Waals surface area contributed by atoms with Crippen LogP contribution >= 0.6 is 0 Å². The number of hydrogen-bond acceptors (Lipinski definition) is 8. The lowest BCUT2D eigenvalue weighted by Gasteiger charge is -2.49. The molecule has 0 N–H and O–H groups in total. The first-order valence-corrected chi connectivity index (χ1v) is 17.1. The summed E-state index contributed by atoms with van der Waals surface area (Å²) in [6, 6.07) is 4.03. The lowest BCUT2D eigenvalue weighted by molar-refractivity contribution is -0.244. The molecule has 2 heterocycles. The van der Waals surface area contributed by atoms with Crippen LogP contribution in [-0.4, -0.2) is 83.6 Å². The number of aromatic nitrogens is 1. The molecule has 1 aromatic heterocycles. The zero-order chi connectivity index (χ0) is 27.8. The van der Waals surface area contributed by atoms with Crippen LogP contribution in [0.3, 0.4) is 0 Å². The van der Waals surface area contributed by atoms with E-state index in [1.807, 2.05) is 12.3 Å². The van der Waals surface area contributed by atoms with Gasteiger partial charge in [0.1, 0.15) is 31.6 Å². The minimum atomic E-state index is -1.88. The zero-order valence-corrected chi connectivity index (χ0v) is 26.1. The van der Waals surface area contributed by atoms with Gasteiger partial charge in [0.2, 0.25) is 0 Å². The molecule has 2 atom stereocenters. The van der Waals surface area contributed by atoms with Crippen molar-refractivity contribution in [2.45, 2.75) is 102 Å². The largest absolute Gasteiger partial charge is 0.490 e. The Morgan fingerprint density at radius 3 is 2.53 bits per heavy atom. The van der Waals surface area contributed by atoms with Gasteiger partial charge in [-0.1, -0.05) is 27.7 Å². The Kier molecular flexibility index (Phi) is 11.6. The first kappa shape index (κ1) is 31.5. The van der Waals surface area contributed by atoms with E-state index >= 15 is 0 Å². The van der Waals surface area contributed by atoms with E-state index in [2.05, 4.69) is 51.8 Å². The maximum absolute atomic E-state index is 6.59. The van der Waals surface area contributed by atoms with Crippen LogP contribution in [-0.2, 0) is 29.8 Å². The molecule has 0 aromatic carbocycles. The standard InChI is InChI=1S/C29H52N2O6Si/c1-23-9-11-25(12-10-23)37-26-13-15-30-24(17-26)18-29(35-22-33-6)19-34-21-31(20-32-5)27(29)14-16-36-38(7,8)28(2,3)4/h13,15,17,23,25,27H,9-12,14,16,18-22H2,1-8H3/t23-,25-,27-,29-/m0/s1. The molecule has 9 heteroatoms. The van der Waals surface area contributed by atoms with E-state index in [0.29, 0.717) is 33.1 Å². The molecule has 0 spiro atoms. The predicted molar refractivity (Wildman–Crippen MR) is 152 cm³/mol. The summed E-state index contributed by atoms with van der Waals surface area (Å²) in [6.45, 7) is 15.9.